The summed E-state index contributed by atoms with van der Waals surface area (Å²) in [5, 5.41) is 9.50. The van der Waals surface area contributed by atoms with Crippen LogP contribution in [0.5, 0.6) is 17.2 Å². The third-order valence-corrected chi connectivity index (χ3v) is 6.40. The summed E-state index contributed by atoms with van der Waals surface area (Å²) in [6.45, 7) is 4.77. The Balaban J connectivity index is 1.39. The number of nitrogens with two attached hydrogens (primary N) is 1. The quantitative estimate of drug-likeness (QED) is 0.254. The maximum Gasteiger partial charge on any atom is 0.130 e. The van der Waals surface area contributed by atoms with Gasteiger partial charge >= 0.3 is 0 Å². The van der Waals surface area contributed by atoms with Crippen molar-refractivity contribution in [3.05, 3.63) is 124 Å². The summed E-state index contributed by atoms with van der Waals surface area (Å²) in [6, 6.07) is 24.2. The number of aromatic hydroxyl groups is 1. The standard InChI is InChI=1S/C31H31F2NO3/c1-31(2,27-12-8-24(35)17-29(27)32)28-13-11-26(18-30(28)33)37-20-23-5-3-4-22(16-23)19-36-25-9-6-21(7-10-25)14-15-34/h3-13,16-18,35H,14-15,19-20,34H2,1-2H3. The molecule has 0 atom stereocenters. The van der Waals surface area contributed by atoms with Crippen molar-refractivity contribution in [1.29, 1.82) is 0 Å². The van der Waals surface area contributed by atoms with Crippen LogP contribution in [-0.4, -0.2) is 11.7 Å². The summed E-state index contributed by atoms with van der Waals surface area (Å²) in [4.78, 5) is 0. The lowest BCUT2D eigenvalue weighted by atomic mass is 9.77. The van der Waals surface area contributed by atoms with E-state index in [1.807, 2.05) is 48.5 Å². The van der Waals surface area contributed by atoms with Crippen LogP contribution in [0.4, 0.5) is 8.78 Å². The van der Waals surface area contributed by atoms with Gasteiger partial charge in [0, 0.05) is 17.5 Å². The molecule has 3 N–H and O–H groups in total. The van der Waals surface area contributed by atoms with Gasteiger partial charge < -0.3 is 20.3 Å². The molecule has 4 rings (SSSR count). The van der Waals surface area contributed by atoms with E-state index in [1.54, 1.807) is 26.0 Å². The first kappa shape index (κ1) is 26.2. The lowest BCUT2D eigenvalue weighted by Crippen LogP contribution is -2.22. The molecule has 0 aliphatic rings. The van der Waals surface area contributed by atoms with E-state index in [1.165, 1.54) is 23.8 Å². The predicted octanol–water partition coefficient (Wildman–Crippen LogP) is 6.66. The Morgan fingerprint density at radius 2 is 1.27 bits per heavy atom. The first-order chi connectivity index (χ1) is 17.8. The zero-order valence-corrected chi connectivity index (χ0v) is 21.0. The second kappa shape index (κ2) is 11.4. The first-order valence-electron chi connectivity index (χ1n) is 12.2. The maximum absolute atomic E-state index is 15.1. The van der Waals surface area contributed by atoms with Gasteiger partial charge in [0.2, 0.25) is 0 Å². The van der Waals surface area contributed by atoms with Crippen LogP contribution in [0.15, 0.2) is 84.9 Å². The molecule has 0 amide bonds. The van der Waals surface area contributed by atoms with Crippen LogP contribution in [0.25, 0.3) is 0 Å². The third kappa shape index (κ3) is 6.46. The van der Waals surface area contributed by atoms with Gasteiger partial charge in [0.15, 0.2) is 0 Å². The van der Waals surface area contributed by atoms with Crippen molar-refractivity contribution in [3.63, 3.8) is 0 Å². The molecule has 0 aliphatic heterocycles. The highest BCUT2D eigenvalue weighted by Gasteiger charge is 2.29. The Morgan fingerprint density at radius 1 is 0.703 bits per heavy atom. The van der Waals surface area contributed by atoms with Crippen LogP contribution >= 0.6 is 0 Å². The number of ether oxygens (including phenoxy) is 2. The second-order valence-corrected chi connectivity index (χ2v) is 9.51. The molecule has 0 aliphatic carbocycles. The Morgan fingerprint density at radius 3 is 1.86 bits per heavy atom. The number of rotatable bonds is 10. The van der Waals surface area contributed by atoms with Gasteiger partial charge in [-0.3, -0.25) is 0 Å². The average Bonchev–Trinajstić information content (AvgIpc) is 2.87. The molecule has 0 aromatic heterocycles. The van der Waals surface area contributed by atoms with Crippen molar-refractivity contribution in [2.24, 2.45) is 5.73 Å². The van der Waals surface area contributed by atoms with Crippen molar-refractivity contribution in [2.75, 3.05) is 6.54 Å². The molecule has 0 unspecified atom stereocenters. The van der Waals surface area contributed by atoms with E-state index >= 15 is 4.39 Å². The highest BCUT2D eigenvalue weighted by Crippen LogP contribution is 2.36. The molecule has 0 saturated carbocycles. The SMILES string of the molecule is CC(C)(c1ccc(O)cc1F)c1ccc(OCc2cccc(COc3ccc(CCN)cc3)c2)cc1F. The fourth-order valence-corrected chi connectivity index (χ4v) is 4.31. The van der Waals surface area contributed by atoms with Gasteiger partial charge in [-0.2, -0.15) is 0 Å². The van der Waals surface area contributed by atoms with Crippen molar-refractivity contribution in [2.45, 2.75) is 38.9 Å². The van der Waals surface area contributed by atoms with Crippen LogP contribution in [0.1, 0.15) is 41.7 Å². The first-order valence-corrected chi connectivity index (χ1v) is 12.2. The molecule has 0 heterocycles. The Kier molecular flexibility index (Phi) is 8.09. The minimum Gasteiger partial charge on any atom is -0.508 e. The van der Waals surface area contributed by atoms with E-state index in [-0.39, 0.29) is 12.4 Å². The van der Waals surface area contributed by atoms with Crippen molar-refractivity contribution in [1.82, 2.24) is 0 Å². The minimum absolute atomic E-state index is 0.172. The zero-order chi connectivity index (χ0) is 26.4. The van der Waals surface area contributed by atoms with Crippen LogP contribution in [-0.2, 0) is 25.0 Å². The smallest absolute Gasteiger partial charge is 0.130 e. The van der Waals surface area contributed by atoms with Crippen molar-refractivity contribution < 1.29 is 23.4 Å². The topological polar surface area (TPSA) is 64.7 Å². The van der Waals surface area contributed by atoms with Gasteiger partial charge in [-0.05, 0) is 71.1 Å². The summed E-state index contributed by atoms with van der Waals surface area (Å²) in [7, 11) is 0. The molecule has 37 heavy (non-hydrogen) atoms. The van der Waals surface area contributed by atoms with Crippen LogP contribution in [0.3, 0.4) is 0 Å². The van der Waals surface area contributed by atoms with Crippen molar-refractivity contribution in [3.8, 4) is 17.2 Å². The van der Waals surface area contributed by atoms with Crippen molar-refractivity contribution >= 4 is 0 Å². The van der Waals surface area contributed by atoms with Gasteiger partial charge in [-0.1, -0.05) is 56.3 Å². The third-order valence-electron chi connectivity index (χ3n) is 6.40. The van der Waals surface area contributed by atoms with Gasteiger partial charge in [0.05, 0.1) is 0 Å². The van der Waals surface area contributed by atoms with Crippen LogP contribution in [0, 0.1) is 11.6 Å². The fourth-order valence-electron chi connectivity index (χ4n) is 4.31. The zero-order valence-electron chi connectivity index (χ0n) is 21.0. The summed E-state index contributed by atoms with van der Waals surface area (Å²) < 4.78 is 41.3. The summed E-state index contributed by atoms with van der Waals surface area (Å²) in [6.07, 6.45) is 0.837. The Bertz CT molecular complexity index is 1350. The number of halogens is 2. The largest absolute Gasteiger partial charge is 0.508 e. The highest BCUT2D eigenvalue weighted by atomic mass is 19.1. The lowest BCUT2D eigenvalue weighted by molar-refractivity contribution is 0.298. The van der Waals surface area contributed by atoms with E-state index in [0.717, 1.165) is 29.4 Å². The molecular weight excluding hydrogens is 472 g/mol. The molecule has 4 aromatic carbocycles. The normalized spacial score (nSPS) is 11.4. The van der Waals surface area contributed by atoms with Gasteiger partial charge in [-0.15, -0.1) is 0 Å². The molecule has 192 valence electrons. The lowest BCUT2D eigenvalue weighted by Gasteiger charge is -2.27. The van der Waals surface area contributed by atoms with Gasteiger partial charge in [0.25, 0.3) is 0 Å². The number of phenolic OH excluding ortho intramolecular Hbond substituents is 1. The predicted molar refractivity (Wildman–Crippen MR) is 141 cm³/mol. The van der Waals surface area contributed by atoms with E-state index in [9.17, 15) is 9.50 Å². The maximum atomic E-state index is 15.1. The van der Waals surface area contributed by atoms with Gasteiger partial charge in [0.1, 0.15) is 42.1 Å². The van der Waals surface area contributed by atoms with E-state index in [4.69, 9.17) is 15.2 Å². The summed E-state index contributed by atoms with van der Waals surface area (Å²) >= 11 is 0. The average molecular weight is 504 g/mol. The van der Waals surface area contributed by atoms with Crippen LogP contribution in [0.2, 0.25) is 0 Å². The summed E-state index contributed by atoms with van der Waals surface area (Å²) in [5.41, 5.74) is 8.37. The van der Waals surface area contributed by atoms with E-state index in [2.05, 4.69) is 0 Å². The van der Waals surface area contributed by atoms with Crippen LogP contribution < -0.4 is 15.2 Å². The molecule has 4 nitrogen and oxygen atoms in total. The molecule has 6 heteroatoms. The second-order valence-electron chi connectivity index (χ2n) is 9.51. The molecule has 0 bridgehead atoms. The molecule has 0 saturated heterocycles. The summed E-state index contributed by atoms with van der Waals surface area (Å²) in [5.74, 6) is -0.0868. The number of benzene rings is 4. The Labute approximate surface area is 216 Å². The monoisotopic (exact) mass is 503 g/mol. The van der Waals surface area contributed by atoms with E-state index in [0.29, 0.717) is 30.0 Å². The fraction of sp³-hybridized carbons (Fsp3) is 0.226. The van der Waals surface area contributed by atoms with E-state index < -0.39 is 17.0 Å². The van der Waals surface area contributed by atoms with Gasteiger partial charge in [-0.25, -0.2) is 8.78 Å². The molecule has 4 aromatic rings. The molecule has 0 fully saturated rings. The number of phenols is 1. The Hall–Kier alpha value is -3.90. The molecule has 0 radical (unpaired) electrons. The highest BCUT2D eigenvalue weighted by molar-refractivity contribution is 5.43. The number of hydrogen-bond donors (Lipinski definition) is 2. The molecular formula is C31H31F2NO3. The number of hydrogen-bond acceptors (Lipinski definition) is 4. The molecule has 0 spiro atoms. The minimum atomic E-state index is -0.945.